The molecule has 1 fully saturated rings. The number of carboxylic acids is 1. The van der Waals surface area contributed by atoms with Crippen LogP contribution in [0.5, 0.6) is 0 Å². The number of ether oxygens (including phenoxy) is 2. The highest BCUT2D eigenvalue weighted by Gasteiger charge is 2.45. The fraction of sp³-hybridized carbons (Fsp3) is 0.438. The Morgan fingerprint density at radius 3 is 2.30 bits per heavy atom. The van der Waals surface area contributed by atoms with Gasteiger partial charge in [0.25, 0.3) is 0 Å². The van der Waals surface area contributed by atoms with Crippen molar-refractivity contribution in [2.24, 2.45) is 0 Å². The number of aliphatic carboxylic acids is 1. The molecule has 0 bridgehead atoms. The minimum absolute atomic E-state index is 0.0440. The number of piperidine rings is 1. The Bertz CT molecular complexity index is 577. The van der Waals surface area contributed by atoms with Crippen molar-refractivity contribution in [1.29, 1.82) is 0 Å². The van der Waals surface area contributed by atoms with E-state index in [0.717, 1.165) is 5.56 Å². The molecule has 0 atom stereocenters. The number of carbonyl (C=O) groups is 3. The van der Waals surface area contributed by atoms with Crippen LogP contribution in [-0.4, -0.2) is 46.7 Å². The summed E-state index contributed by atoms with van der Waals surface area (Å²) in [5.74, 6) is -1.84. The van der Waals surface area contributed by atoms with Crippen molar-refractivity contribution in [3.63, 3.8) is 0 Å². The van der Waals surface area contributed by atoms with E-state index in [0.29, 0.717) is 0 Å². The largest absolute Gasteiger partial charge is 0.478 e. The van der Waals surface area contributed by atoms with Crippen LogP contribution in [0.1, 0.15) is 25.3 Å². The van der Waals surface area contributed by atoms with Crippen LogP contribution in [0.4, 0.5) is 4.79 Å². The van der Waals surface area contributed by atoms with Gasteiger partial charge in [0.15, 0.2) is 0 Å². The fourth-order valence-corrected chi connectivity index (χ4v) is 2.50. The van der Waals surface area contributed by atoms with Gasteiger partial charge in [-0.15, -0.1) is 0 Å². The maximum absolute atomic E-state index is 12.0. The van der Waals surface area contributed by atoms with E-state index < -0.39 is 23.6 Å². The molecular weight excluding hydrogens is 302 g/mol. The van der Waals surface area contributed by atoms with E-state index in [9.17, 15) is 19.5 Å². The van der Waals surface area contributed by atoms with Gasteiger partial charge in [-0.05, 0) is 5.56 Å². The molecule has 23 heavy (non-hydrogen) atoms. The molecule has 1 aliphatic rings. The maximum Gasteiger partial charge on any atom is 0.410 e. The second-order valence-electron chi connectivity index (χ2n) is 5.42. The van der Waals surface area contributed by atoms with E-state index >= 15 is 0 Å². The number of benzene rings is 1. The lowest BCUT2D eigenvalue weighted by Crippen LogP contribution is -2.53. The molecule has 1 aliphatic heterocycles. The van der Waals surface area contributed by atoms with Gasteiger partial charge in [0.1, 0.15) is 6.61 Å². The number of esters is 1. The average molecular weight is 321 g/mol. The molecule has 1 heterocycles. The van der Waals surface area contributed by atoms with Crippen LogP contribution in [0.25, 0.3) is 0 Å². The molecule has 0 aliphatic carbocycles. The van der Waals surface area contributed by atoms with Crippen molar-refractivity contribution in [1.82, 2.24) is 4.90 Å². The molecule has 1 saturated heterocycles. The molecule has 0 spiro atoms. The topological polar surface area (TPSA) is 93.1 Å². The molecule has 124 valence electrons. The van der Waals surface area contributed by atoms with Gasteiger partial charge in [-0.3, -0.25) is 4.79 Å². The van der Waals surface area contributed by atoms with Gasteiger partial charge in [-0.2, -0.15) is 0 Å². The first-order chi connectivity index (χ1) is 10.9. The number of amides is 1. The minimum atomic E-state index is -1.55. The molecule has 2 rings (SSSR count). The summed E-state index contributed by atoms with van der Waals surface area (Å²) in [5.41, 5.74) is -0.681. The van der Waals surface area contributed by atoms with E-state index in [1.54, 1.807) is 0 Å². The lowest BCUT2D eigenvalue weighted by Gasteiger charge is -2.37. The number of rotatable bonds is 4. The molecule has 1 amide bonds. The van der Waals surface area contributed by atoms with E-state index in [-0.39, 0.29) is 32.5 Å². The molecule has 1 N–H and O–H groups in total. The third kappa shape index (κ3) is 4.21. The second-order valence-corrected chi connectivity index (χ2v) is 5.42. The van der Waals surface area contributed by atoms with Gasteiger partial charge in [0, 0.05) is 32.9 Å². The quantitative estimate of drug-likeness (QED) is 0.850. The minimum Gasteiger partial charge on any atom is -0.478 e. The molecule has 7 heteroatoms. The Hall–Kier alpha value is -2.57. The third-order valence-electron chi connectivity index (χ3n) is 3.76. The van der Waals surface area contributed by atoms with Crippen LogP contribution in [0, 0.1) is 0 Å². The lowest BCUT2D eigenvalue weighted by atomic mass is 9.91. The standard InChI is InChI=1S/C16H19NO6/c1-12(18)23-16(14(19)20)7-9-17(10-8-16)15(21)22-11-13-5-3-2-4-6-13/h2-6H,7-11H2,1H3,(H,19,20). The first kappa shape index (κ1) is 16.8. The number of hydrogen-bond donors (Lipinski definition) is 1. The van der Waals surface area contributed by atoms with Crippen LogP contribution in [0.2, 0.25) is 0 Å². The summed E-state index contributed by atoms with van der Waals surface area (Å²) >= 11 is 0. The number of nitrogens with zero attached hydrogens (tertiary/aromatic N) is 1. The predicted molar refractivity (Wildman–Crippen MR) is 79.6 cm³/mol. The normalized spacial score (nSPS) is 16.5. The Balaban J connectivity index is 1.88. The number of carbonyl (C=O) groups excluding carboxylic acids is 2. The molecule has 7 nitrogen and oxygen atoms in total. The Kier molecular flexibility index (Phi) is 5.20. The van der Waals surface area contributed by atoms with E-state index in [2.05, 4.69) is 0 Å². The van der Waals surface area contributed by atoms with Crippen molar-refractivity contribution in [3.8, 4) is 0 Å². The van der Waals surface area contributed by atoms with Crippen molar-refractivity contribution in [2.45, 2.75) is 32.0 Å². The number of carboxylic acid groups (broad SMARTS) is 1. The first-order valence-electron chi connectivity index (χ1n) is 7.31. The van der Waals surface area contributed by atoms with E-state index in [1.165, 1.54) is 11.8 Å². The monoisotopic (exact) mass is 321 g/mol. The van der Waals surface area contributed by atoms with Gasteiger partial charge < -0.3 is 19.5 Å². The highest BCUT2D eigenvalue weighted by molar-refractivity contribution is 5.82. The van der Waals surface area contributed by atoms with Crippen molar-refractivity contribution in [2.75, 3.05) is 13.1 Å². The van der Waals surface area contributed by atoms with Crippen molar-refractivity contribution >= 4 is 18.0 Å². The van der Waals surface area contributed by atoms with Crippen molar-refractivity contribution < 1.29 is 29.0 Å². The highest BCUT2D eigenvalue weighted by Crippen LogP contribution is 2.27. The van der Waals surface area contributed by atoms with Crippen LogP contribution >= 0.6 is 0 Å². The third-order valence-corrected chi connectivity index (χ3v) is 3.76. The van der Waals surface area contributed by atoms with Crippen LogP contribution in [0.3, 0.4) is 0 Å². The predicted octanol–water partition coefficient (Wildman–Crippen LogP) is 1.81. The van der Waals surface area contributed by atoms with Gasteiger partial charge in [0.2, 0.25) is 5.60 Å². The number of hydrogen-bond acceptors (Lipinski definition) is 5. The summed E-state index contributed by atoms with van der Waals surface area (Å²) in [7, 11) is 0. The summed E-state index contributed by atoms with van der Waals surface area (Å²) in [6, 6.07) is 9.27. The summed E-state index contributed by atoms with van der Waals surface area (Å²) in [6.07, 6.45) is -0.416. The first-order valence-corrected chi connectivity index (χ1v) is 7.31. The van der Waals surface area contributed by atoms with Crippen LogP contribution < -0.4 is 0 Å². The van der Waals surface area contributed by atoms with Gasteiger partial charge in [0.05, 0.1) is 0 Å². The summed E-state index contributed by atoms with van der Waals surface area (Å²) < 4.78 is 10.2. The van der Waals surface area contributed by atoms with E-state index in [4.69, 9.17) is 9.47 Å². The summed E-state index contributed by atoms with van der Waals surface area (Å²) in [5, 5.41) is 9.30. The average Bonchev–Trinajstić information content (AvgIpc) is 2.53. The Morgan fingerprint density at radius 2 is 1.78 bits per heavy atom. The fourth-order valence-electron chi connectivity index (χ4n) is 2.50. The second kappa shape index (κ2) is 7.13. The van der Waals surface area contributed by atoms with Gasteiger partial charge >= 0.3 is 18.0 Å². The Morgan fingerprint density at radius 1 is 1.17 bits per heavy atom. The molecule has 0 radical (unpaired) electrons. The van der Waals surface area contributed by atoms with Crippen LogP contribution in [-0.2, 0) is 25.7 Å². The molecule has 0 aromatic heterocycles. The summed E-state index contributed by atoms with van der Waals surface area (Å²) in [6.45, 7) is 1.65. The van der Waals surface area contributed by atoms with Gasteiger partial charge in [-0.25, -0.2) is 9.59 Å². The molecule has 1 aromatic rings. The molecular formula is C16H19NO6. The maximum atomic E-state index is 12.0. The summed E-state index contributed by atoms with van der Waals surface area (Å²) in [4.78, 5) is 35.9. The highest BCUT2D eigenvalue weighted by atomic mass is 16.6. The van der Waals surface area contributed by atoms with Crippen LogP contribution in [0.15, 0.2) is 30.3 Å². The SMILES string of the molecule is CC(=O)OC1(C(=O)O)CCN(C(=O)OCc2ccccc2)CC1. The number of likely N-dealkylation sites (tertiary alicyclic amines) is 1. The lowest BCUT2D eigenvalue weighted by molar-refractivity contribution is -0.182. The van der Waals surface area contributed by atoms with Gasteiger partial charge in [-0.1, -0.05) is 30.3 Å². The smallest absolute Gasteiger partial charge is 0.410 e. The molecule has 0 unspecified atom stereocenters. The zero-order chi connectivity index (χ0) is 16.9. The molecule has 0 saturated carbocycles. The Labute approximate surface area is 133 Å². The van der Waals surface area contributed by atoms with Crippen molar-refractivity contribution in [3.05, 3.63) is 35.9 Å². The van der Waals surface area contributed by atoms with E-state index in [1.807, 2.05) is 30.3 Å². The zero-order valence-corrected chi connectivity index (χ0v) is 12.9. The molecule has 1 aromatic carbocycles. The zero-order valence-electron chi connectivity index (χ0n) is 12.9.